The minimum Gasteiger partial charge on any atom is -0.263 e. The standard InChI is InChI=1S/C17H12BrF5N6/c18-11-3-1-10(2-4-11)13-7-14(15(19)20)26-16(25-13)27-24-8-12-5-6-29(28-12)9-17(21,22)23/h1-8,15H,9H2,(H,25,26,27). The highest BCUT2D eigenvalue weighted by Gasteiger charge is 2.28. The Hall–Kier alpha value is -2.89. The van der Waals surface area contributed by atoms with Crippen LogP contribution in [0, 0.1) is 0 Å². The molecule has 2 aromatic heterocycles. The first-order valence-corrected chi connectivity index (χ1v) is 8.81. The van der Waals surface area contributed by atoms with Gasteiger partial charge in [-0.25, -0.2) is 24.2 Å². The Bertz CT molecular complexity index is 1000. The van der Waals surface area contributed by atoms with Crippen molar-refractivity contribution in [2.75, 3.05) is 5.43 Å². The summed E-state index contributed by atoms with van der Waals surface area (Å²) < 4.78 is 64.9. The topological polar surface area (TPSA) is 68.0 Å². The van der Waals surface area contributed by atoms with Crippen LogP contribution in [0.2, 0.25) is 0 Å². The van der Waals surface area contributed by atoms with Crippen molar-refractivity contribution >= 4 is 28.1 Å². The van der Waals surface area contributed by atoms with Gasteiger partial charge in [-0.3, -0.25) is 4.68 Å². The molecule has 1 N–H and O–H groups in total. The van der Waals surface area contributed by atoms with Gasteiger partial charge in [-0.05, 0) is 24.3 Å². The quantitative estimate of drug-likeness (QED) is 0.308. The number of hydrogen-bond acceptors (Lipinski definition) is 5. The number of hydrazone groups is 1. The molecule has 0 fully saturated rings. The van der Waals surface area contributed by atoms with Crippen LogP contribution in [0.1, 0.15) is 17.8 Å². The summed E-state index contributed by atoms with van der Waals surface area (Å²) in [5.41, 5.74) is 2.90. The molecule has 0 aliphatic heterocycles. The van der Waals surface area contributed by atoms with Gasteiger partial charge in [-0.2, -0.15) is 23.4 Å². The number of aromatic nitrogens is 4. The first-order valence-electron chi connectivity index (χ1n) is 8.02. The third-order valence-corrected chi connectivity index (χ3v) is 4.00. The van der Waals surface area contributed by atoms with E-state index in [4.69, 9.17) is 0 Å². The van der Waals surface area contributed by atoms with E-state index in [1.54, 1.807) is 24.3 Å². The Morgan fingerprint density at radius 1 is 1.14 bits per heavy atom. The SMILES string of the molecule is FC(F)c1cc(-c2ccc(Br)cc2)nc(NN=Cc2ccn(CC(F)(F)F)n2)n1. The molecule has 0 amide bonds. The number of hydrogen-bond donors (Lipinski definition) is 1. The first kappa shape index (κ1) is 20.8. The van der Waals surface area contributed by atoms with E-state index < -0.39 is 24.8 Å². The third kappa shape index (κ3) is 6.04. The fourth-order valence-electron chi connectivity index (χ4n) is 2.27. The molecule has 0 aliphatic rings. The molecule has 0 atom stereocenters. The zero-order valence-electron chi connectivity index (χ0n) is 14.4. The molecule has 6 nitrogen and oxygen atoms in total. The van der Waals surface area contributed by atoms with Crippen molar-refractivity contribution in [2.24, 2.45) is 5.10 Å². The predicted octanol–water partition coefficient (Wildman–Crippen LogP) is 5.05. The van der Waals surface area contributed by atoms with Crippen LogP contribution in [-0.2, 0) is 6.54 Å². The van der Waals surface area contributed by atoms with Crippen LogP contribution in [0.15, 0.2) is 52.2 Å². The zero-order valence-corrected chi connectivity index (χ0v) is 16.0. The highest BCUT2D eigenvalue weighted by molar-refractivity contribution is 9.10. The Kier molecular flexibility index (Phi) is 6.20. The van der Waals surface area contributed by atoms with Gasteiger partial charge in [0, 0.05) is 16.2 Å². The van der Waals surface area contributed by atoms with Crippen molar-refractivity contribution in [1.29, 1.82) is 0 Å². The van der Waals surface area contributed by atoms with E-state index in [0.29, 0.717) is 10.2 Å². The molecule has 3 aromatic rings. The minimum absolute atomic E-state index is 0.139. The highest BCUT2D eigenvalue weighted by Crippen LogP contribution is 2.25. The van der Waals surface area contributed by atoms with Crippen LogP contribution < -0.4 is 5.43 Å². The second-order valence-electron chi connectivity index (χ2n) is 5.73. The van der Waals surface area contributed by atoms with Crippen LogP contribution in [0.4, 0.5) is 27.9 Å². The molecule has 12 heteroatoms. The summed E-state index contributed by atoms with van der Waals surface area (Å²) in [6.45, 7) is -1.23. The van der Waals surface area contributed by atoms with Gasteiger partial charge in [0.1, 0.15) is 17.9 Å². The summed E-state index contributed by atoms with van der Waals surface area (Å²) in [6.07, 6.45) is -4.94. The number of nitrogens with one attached hydrogen (secondary N) is 1. The van der Waals surface area contributed by atoms with Crippen molar-refractivity contribution in [3.63, 3.8) is 0 Å². The minimum atomic E-state index is -4.40. The van der Waals surface area contributed by atoms with Gasteiger partial charge >= 0.3 is 6.18 Å². The molecule has 29 heavy (non-hydrogen) atoms. The molecule has 1 aromatic carbocycles. The third-order valence-electron chi connectivity index (χ3n) is 3.47. The predicted molar refractivity (Wildman–Crippen MR) is 99.6 cm³/mol. The van der Waals surface area contributed by atoms with Crippen LogP contribution >= 0.6 is 15.9 Å². The fourth-order valence-corrected chi connectivity index (χ4v) is 2.53. The lowest BCUT2D eigenvalue weighted by atomic mass is 10.1. The van der Waals surface area contributed by atoms with Crippen molar-refractivity contribution in [3.05, 3.63) is 58.5 Å². The summed E-state index contributed by atoms with van der Waals surface area (Å²) in [5.74, 6) is -0.188. The smallest absolute Gasteiger partial charge is 0.263 e. The molecule has 0 spiro atoms. The monoisotopic (exact) mass is 474 g/mol. The number of benzene rings is 1. The molecular weight excluding hydrogens is 463 g/mol. The Morgan fingerprint density at radius 2 is 1.86 bits per heavy atom. The number of halogens is 6. The summed E-state index contributed by atoms with van der Waals surface area (Å²) >= 11 is 3.29. The lowest BCUT2D eigenvalue weighted by Gasteiger charge is -2.07. The average molecular weight is 475 g/mol. The van der Waals surface area contributed by atoms with E-state index in [2.05, 4.69) is 41.5 Å². The molecule has 0 unspecified atom stereocenters. The largest absolute Gasteiger partial charge is 0.408 e. The van der Waals surface area contributed by atoms with Crippen molar-refractivity contribution in [2.45, 2.75) is 19.1 Å². The lowest BCUT2D eigenvalue weighted by molar-refractivity contribution is -0.142. The Balaban J connectivity index is 1.78. The van der Waals surface area contributed by atoms with Gasteiger partial charge in [-0.1, -0.05) is 28.1 Å². The molecule has 0 radical (unpaired) electrons. The maximum atomic E-state index is 13.2. The van der Waals surface area contributed by atoms with E-state index in [1.807, 2.05) is 0 Å². The van der Waals surface area contributed by atoms with Crippen LogP contribution in [0.5, 0.6) is 0 Å². The molecule has 0 bridgehead atoms. The van der Waals surface area contributed by atoms with Gasteiger partial charge < -0.3 is 0 Å². The number of rotatable bonds is 6. The van der Waals surface area contributed by atoms with Crippen molar-refractivity contribution in [1.82, 2.24) is 19.7 Å². The van der Waals surface area contributed by atoms with Crippen LogP contribution in [-0.4, -0.2) is 32.1 Å². The molecular formula is C17H12BrF5N6. The van der Waals surface area contributed by atoms with E-state index in [0.717, 1.165) is 16.9 Å². The molecule has 3 rings (SSSR count). The summed E-state index contributed by atoms with van der Waals surface area (Å²) in [4.78, 5) is 7.83. The van der Waals surface area contributed by atoms with Gasteiger partial charge in [0.25, 0.3) is 6.43 Å². The molecule has 2 heterocycles. The van der Waals surface area contributed by atoms with E-state index in [9.17, 15) is 22.0 Å². The molecule has 152 valence electrons. The van der Waals surface area contributed by atoms with Crippen molar-refractivity contribution < 1.29 is 22.0 Å². The zero-order chi connectivity index (χ0) is 21.0. The molecule has 0 saturated carbocycles. The van der Waals surface area contributed by atoms with Gasteiger partial charge in [-0.15, -0.1) is 0 Å². The van der Waals surface area contributed by atoms with E-state index in [1.165, 1.54) is 12.1 Å². The maximum Gasteiger partial charge on any atom is 0.408 e. The van der Waals surface area contributed by atoms with E-state index >= 15 is 0 Å². The van der Waals surface area contributed by atoms with Gasteiger partial charge in [0.15, 0.2) is 0 Å². The first-order chi connectivity index (χ1) is 13.7. The summed E-state index contributed by atoms with van der Waals surface area (Å²) in [5, 5.41) is 7.45. The normalized spacial score (nSPS) is 12.1. The molecule has 0 aliphatic carbocycles. The van der Waals surface area contributed by atoms with Crippen LogP contribution in [0.3, 0.4) is 0 Å². The Morgan fingerprint density at radius 3 is 2.52 bits per heavy atom. The maximum absolute atomic E-state index is 13.2. The number of alkyl halides is 5. The Labute approximate surface area is 169 Å². The second-order valence-corrected chi connectivity index (χ2v) is 6.65. The van der Waals surface area contributed by atoms with Gasteiger partial charge in [0.05, 0.1) is 11.9 Å². The second kappa shape index (κ2) is 8.64. The summed E-state index contributed by atoms with van der Waals surface area (Å²) in [6, 6.07) is 9.36. The molecule has 0 saturated heterocycles. The van der Waals surface area contributed by atoms with Crippen molar-refractivity contribution in [3.8, 4) is 11.3 Å². The number of anilines is 1. The number of nitrogens with zero attached hydrogens (tertiary/aromatic N) is 5. The van der Waals surface area contributed by atoms with Gasteiger partial charge in [0.2, 0.25) is 5.95 Å². The average Bonchev–Trinajstić information content (AvgIpc) is 3.07. The fraction of sp³-hybridized carbons (Fsp3) is 0.176. The highest BCUT2D eigenvalue weighted by atomic mass is 79.9. The lowest BCUT2D eigenvalue weighted by Crippen LogP contribution is -2.18. The van der Waals surface area contributed by atoms with Crippen LogP contribution in [0.25, 0.3) is 11.3 Å². The van der Waals surface area contributed by atoms with E-state index in [-0.39, 0.29) is 17.3 Å². The summed E-state index contributed by atoms with van der Waals surface area (Å²) in [7, 11) is 0.